The maximum absolute atomic E-state index is 6.39. The third-order valence-electron chi connectivity index (χ3n) is 4.79. The van der Waals surface area contributed by atoms with Crippen LogP contribution in [0, 0.1) is 12.8 Å². The molecule has 2 heterocycles. The van der Waals surface area contributed by atoms with Crippen LogP contribution in [0.4, 0.5) is 5.69 Å². The van der Waals surface area contributed by atoms with Gasteiger partial charge in [0.15, 0.2) is 0 Å². The van der Waals surface area contributed by atoms with Crippen LogP contribution >= 0.6 is 11.6 Å². The maximum Gasteiger partial charge on any atom is 0.0642 e. The van der Waals surface area contributed by atoms with Crippen molar-refractivity contribution in [2.45, 2.75) is 19.8 Å². The molecule has 2 aliphatic heterocycles. The van der Waals surface area contributed by atoms with Crippen LogP contribution < -0.4 is 10.2 Å². The van der Waals surface area contributed by atoms with Crippen LogP contribution in [-0.2, 0) is 0 Å². The van der Waals surface area contributed by atoms with Gasteiger partial charge in [0.2, 0.25) is 0 Å². The molecule has 1 aromatic rings. The van der Waals surface area contributed by atoms with Crippen molar-refractivity contribution in [3.05, 3.63) is 28.8 Å². The summed E-state index contributed by atoms with van der Waals surface area (Å²) < 4.78 is 0. The molecule has 0 amide bonds. The summed E-state index contributed by atoms with van der Waals surface area (Å²) in [5.74, 6) is 0.890. The Bertz CT molecular complexity index is 463. The van der Waals surface area contributed by atoms with Crippen LogP contribution in [-0.4, -0.2) is 50.7 Å². The summed E-state index contributed by atoms with van der Waals surface area (Å²) in [6, 6.07) is 6.39. The third kappa shape index (κ3) is 3.91. The van der Waals surface area contributed by atoms with Gasteiger partial charge in [-0.1, -0.05) is 17.7 Å². The van der Waals surface area contributed by atoms with Crippen LogP contribution in [0.25, 0.3) is 0 Å². The van der Waals surface area contributed by atoms with Crippen molar-refractivity contribution >= 4 is 17.3 Å². The minimum Gasteiger partial charge on any atom is -0.368 e. The average molecular weight is 308 g/mol. The molecule has 0 radical (unpaired) electrons. The number of halogens is 1. The second-order valence-electron chi connectivity index (χ2n) is 6.44. The molecule has 1 aromatic carbocycles. The number of benzene rings is 1. The Balaban J connectivity index is 1.52. The number of hydrogen-bond acceptors (Lipinski definition) is 3. The van der Waals surface area contributed by atoms with Gasteiger partial charge >= 0.3 is 0 Å². The first-order chi connectivity index (χ1) is 10.2. The van der Waals surface area contributed by atoms with E-state index in [-0.39, 0.29) is 0 Å². The molecule has 1 N–H and O–H groups in total. The lowest BCUT2D eigenvalue weighted by Crippen LogP contribution is -2.48. The van der Waals surface area contributed by atoms with Gasteiger partial charge in [-0.15, -0.1) is 0 Å². The molecule has 2 aliphatic rings. The molecular formula is C17H26ClN3. The highest BCUT2D eigenvalue weighted by molar-refractivity contribution is 6.33. The summed E-state index contributed by atoms with van der Waals surface area (Å²) in [4.78, 5) is 5.06. The van der Waals surface area contributed by atoms with Gasteiger partial charge in [-0.05, 0) is 56.5 Å². The highest BCUT2D eigenvalue weighted by atomic mass is 35.5. The van der Waals surface area contributed by atoms with E-state index in [1.54, 1.807) is 0 Å². The average Bonchev–Trinajstić information content (AvgIpc) is 2.49. The number of nitrogens with zero attached hydrogens (tertiary/aromatic N) is 2. The highest BCUT2D eigenvalue weighted by Crippen LogP contribution is 2.27. The number of piperidine rings is 1. The molecule has 3 rings (SSSR count). The Morgan fingerprint density at radius 1 is 1.14 bits per heavy atom. The van der Waals surface area contributed by atoms with Gasteiger partial charge in [-0.3, -0.25) is 4.90 Å². The van der Waals surface area contributed by atoms with Crippen molar-refractivity contribution in [3.63, 3.8) is 0 Å². The summed E-state index contributed by atoms with van der Waals surface area (Å²) in [5, 5.41) is 4.34. The van der Waals surface area contributed by atoms with E-state index >= 15 is 0 Å². The summed E-state index contributed by atoms with van der Waals surface area (Å²) in [5.41, 5.74) is 2.43. The van der Waals surface area contributed by atoms with Crippen LogP contribution in [0.5, 0.6) is 0 Å². The van der Waals surface area contributed by atoms with Crippen LogP contribution in [0.15, 0.2) is 18.2 Å². The molecule has 0 spiro atoms. The van der Waals surface area contributed by atoms with Gasteiger partial charge in [-0.2, -0.15) is 0 Å². The lowest BCUT2D eigenvalue weighted by Gasteiger charge is -2.38. The zero-order valence-corrected chi connectivity index (χ0v) is 13.7. The molecule has 2 fully saturated rings. The van der Waals surface area contributed by atoms with Gasteiger partial charge in [0.05, 0.1) is 10.7 Å². The number of nitrogens with one attached hydrogen (secondary N) is 1. The summed E-state index contributed by atoms with van der Waals surface area (Å²) in [7, 11) is 0. The quantitative estimate of drug-likeness (QED) is 0.926. The number of rotatable bonds is 3. The van der Waals surface area contributed by atoms with E-state index < -0.39 is 0 Å². The molecule has 2 saturated heterocycles. The standard InChI is InChI=1S/C17H26ClN3/c1-14-2-3-17(16(18)12-14)21-10-8-20(9-11-21)13-15-4-6-19-7-5-15/h2-3,12,15,19H,4-11,13H2,1H3. The zero-order chi connectivity index (χ0) is 14.7. The molecule has 0 bridgehead atoms. The Morgan fingerprint density at radius 2 is 1.86 bits per heavy atom. The van der Waals surface area contributed by atoms with E-state index in [1.165, 1.54) is 43.7 Å². The van der Waals surface area contributed by atoms with Gasteiger partial charge in [0.25, 0.3) is 0 Å². The minimum absolute atomic E-state index is 0.890. The number of hydrogen-bond donors (Lipinski definition) is 1. The minimum atomic E-state index is 0.890. The first kappa shape index (κ1) is 15.1. The number of aryl methyl sites for hydroxylation is 1. The molecule has 0 unspecified atom stereocenters. The monoisotopic (exact) mass is 307 g/mol. The number of anilines is 1. The lowest BCUT2D eigenvalue weighted by molar-refractivity contribution is 0.196. The van der Waals surface area contributed by atoms with E-state index in [9.17, 15) is 0 Å². The molecule has 0 atom stereocenters. The zero-order valence-electron chi connectivity index (χ0n) is 12.9. The highest BCUT2D eigenvalue weighted by Gasteiger charge is 2.22. The second-order valence-corrected chi connectivity index (χ2v) is 6.84. The summed E-state index contributed by atoms with van der Waals surface area (Å²) in [6.07, 6.45) is 2.67. The van der Waals surface area contributed by atoms with Gasteiger partial charge in [-0.25, -0.2) is 0 Å². The fraction of sp³-hybridized carbons (Fsp3) is 0.647. The van der Waals surface area contributed by atoms with E-state index in [0.717, 1.165) is 37.1 Å². The van der Waals surface area contributed by atoms with E-state index in [1.807, 2.05) is 0 Å². The summed E-state index contributed by atoms with van der Waals surface area (Å²) >= 11 is 6.39. The summed E-state index contributed by atoms with van der Waals surface area (Å²) in [6.45, 7) is 10.3. The van der Waals surface area contributed by atoms with Gasteiger partial charge in [0.1, 0.15) is 0 Å². The lowest BCUT2D eigenvalue weighted by atomic mass is 9.97. The molecule has 0 aliphatic carbocycles. The molecule has 4 heteroatoms. The van der Waals surface area contributed by atoms with E-state index in [0.29, 0.717) is 0 Å². The van der Waals surface area contributed by atoms with Crippen molar-refractivity contribution in [1.29, 1.82) is 0 Å². The Labute approximate surface area is 133 Å². The topological polar surface area (TPSA) is 18.5 Å². The molecule has 116 valence electrons. The van der Waals surface area contributed by atoms with E-state index in [4.69, 9.17) is 11.6 Å². The fourth-order valence-electron chi connectivity index (χ4n) is 3.47. The first-order valence-electron chi connectivity index (χ1n) is 8.16. The molecular weight excluding hydrogens is 282 g/mol. The predicted octanol–water partition coefficient (Wildman–Crippen LogP) is 2.77. The normalized spacial score (nSPS) is 21.7. The largest absolute Gasteiger partial charge is 0.368 e. The molecule has 0 saturated carbocycles. The molecule has 3 nitrogen and oxygen atoms in total. The Kier molecular flexibility index (Phi) is 5.04. The smallest absolute Gasteiger partial charge is 0.0642 e. The second kappa shape index (κ2) is 6.99. The van der Waals surface area contributed by atoms with Crippen molar-refractivity contribution < 1.29 is 0 Å². The molecule has 21 heavy (non-hydrogen) atoms. The van der Waals surface area contributed by atoms with Gasteiger partial charge in [0, 0.05) is 32.7 Å². The third-order valence-corrected chi connectivity index (χ3v) is 5.09. The number of piperazine rings is 1. The SMILES string of the molecule is Cc1ccc(N2CCN(CC3CCNCC3)CC2)c(Cl)c1. The Hall–Kier alpha value is -0.770. The molecule has 0 aromatic heterocycles. The van der Waals surface area contributed by atoms with Crippen molar-refractivity contribution in [3.8, 4) is 0 Å². The van der Waals surface area contributed by atoms with E-state index in [2.05, 4.69) is 40.2 Å². The van der Waals surface area contributed by atoms with Gasteiger partial charge < -0.3 is 10.2 Å². The van der Waals surface area contributed by atoms with Crippen molar-refractivity contribution in [1.82, 2.24) is 10.2 Å². The van der Waals surface area contributed by atoms with Crippen LogP contribution in [0.1, 0.15) is 18.4 Å². The van der Waals surface area contributed by atoms with Crippen LogP contribution in [0.2, 0.25) is 5.02 Å². The first-order valence-corrected chi connectivity index (χ1v) is 8.54. The Morgan fingerprint density at radius 3 is 2.52 bits per heavy atom. The maximum atomic E-state index is 6.39. The van der Waals surface area contributed by atoms with Crippen molar-refractivity contribution in [2.24, 2.45) is 5.92 Å². The van der Waals surface area contributed by atoms with Crippen molar-refractivity contribution in [2.75, 3.05) is 50.7 Å². The van der Waals surface area contributed by atoms with Crippen LogP contribution in [0.3, 0.4) is 0 Å². The predicted molar refractivity (Wildman–Crippen MR) is 90.4 cm³/mol. The fourth-order valence-corrected chi connectivity index (χ4v) is 3.82.